The van der Waals surface area contributed by atoms with Crippen molar-refractivity contribution in [1.82, 2.24) is 0 Å². The van der Waals surface area contributed by atoms with Gasteiger partial charge in [0, 0.05) is 6.07 Å². The van der Waals surface area contributed by atoms with E-state index in [0.717, 1.165) is 17.0 Å². The van der Waals surface area contributed by atoms with Gasteiger partial charge < -0.3 is 14.8 Å². The Hall–Kier alpha value is -1.89. The van der Waals surface area contributed by atoms with E-state index in [0.29, 0.717) is 5.75 Å². The van der Waals surface area contributed by atoms with Crippen LogP contribution < -0.4 is 14.8 Å². The molecule has 0 aliphatic heterocycles. The molecule has 0 amide bonds. The molecular weight excluding hydrogens is 204 g/mol. The first kappa shape index (κ1) is 12.2. The molecule has 0 fully saturated rings. The molecular formula is C12H16N2O2. The molecule has 1 unspecified atom stereocenters. The normalized spacial score (nSPS) is 11.4. The maximum Gasteiger partial charge on any atom is 0.142 e. The number of benzene rings is 1. The third-order valence-corrected chi connectivity index (χ3v) is 2.28. The number of nitriles is 1. The van der Waals surface area contributed by atoms with Crippen LogP contribution in [-0.2, 0) is 0 Å². The van der Waals surface area contributed by atoms with Gasteiger partial charge in [-0.05, 0) is 25.5 Å². The van der Waals surface area contributed by atoms with Crippen molar-refractivity contribution in [2.45, 2.75) is 19.9 Å². The molecule has 0 saturated carbocycles. The van der Waals surface area contributed by atoms with Crippen molar-refractivity contribution in [3.8, 4) is 17.6 Å². The molecule has 1 aromatic rings. The van der Waals surface area contributed by atoms with E-state index in [9.17, 15) is 0 Å². The Balaban J connectivity index is 3.10. The monoisotopic (exact) mass is 220 g/mol. The number of hydrogen-bond acceptors (Lipinski definition) is 4. The van der Waals surface area contributed by atoms with Gasteiger partial charge in [-0.3, -0.25) is 0 Å². The first-order valence-electron chi connectivity index (χ1n) is 5.01. The van der Waals surface area contributed by atoms with Gasteiger partial charge in [0.05, 0.1) is 26.0 Å². The van der Waals surface area contributed by atoms with Gasteiger partial charge in [-0.25, -0.2) is 0 Å². The number of nitrogens with zero attached hydrogens (tertiary/aromatic N) is 1. The number of ether oxygens (including phenoxy) is 2. The third kappa shape index (κ3) is 2.57. The van der Waals surface area contributed by atoms with Gasteiger partial charge in [0.2, 0.25) is 0 Å². The standard InChI is InChI=1S/C12H16N2O2/c1-8-5-12(16-4)10(6-11(8)15-3)14-9(2)7-13/h5-6,9,14H,1-4H3. The highest BCUT2D eigenvalue weighted by atomic mass is 16.5. The zero-order valence-corrected chi connectivity index (χ0v) is 10.00. The van der Waals surface area contributed by atoms with Gasteiger partial charge in [0.1, 0.15) is 17.5 Å². The van der Waals surface area contributed by atoms with Crippen LogP contribution in [0.25, 0.3) is 0 Å². The van der Waals surface area contributed by atoms with Crippen LogP contribution in [0.1, 0.15) is 12.5 Å². The largest absolute Gasteiger partial charge is 0.496 e. The fourth-order valence-corrected chi connectivity index (χ4v) is 1.43. The summed E-state index contributed by atoms with van der Waals surface area (Å²) in [6.07, 6.45) is 0. The summed E-state index contributed by atoms with van der Waals surface area (Å²) in [6, 6.07) is 5.55. The summed E-state index contributed by atoms with van der Waals surface area (Å²) < 4.78 is 10.5. The maximum atomic E-state index is 8.76. The van der Waals surface area contributed by atoms with Crippen molar-refractivity contribution in [3.05, 3.63) is 17.7 Å². The van der Waals surface area contributed by atoms with Gasteiger partial charge >= 0.3 is 0 Å². The third-order valence-electron chi connectivity index (χ3n) is 2.28. The van der Waals surface area contributed by atoms with Gasteiger partial charge in [-0.1, -0.05) is 0 Å². The average Bonchev–Trinajstić information content (AvgIpc) is 2.30. The first-order valence-corrected chi connectivity index (χ1v) is 5.01. The number of nitrogens with one attached hydrogen (secondary N) is 1. The molecule has 1 atom stereocenters. The molecule has 4 nitrogen and oxygen atoms in total. The second-order valence-electron chi connectivity index (χ2n) is 3.52. The van der Waals surface area contributed by atoms with Crippen molar-refractivity contribution in [3.63, 3.8) is 0 Å². The summed E-state index contributed by atoms with van der Waals surface area (Å²) in [4.78, 5) is 0. The summed E-state index contributed by atoms with van der Waals surface area (Å²) >= 11 is 0. The first-order chi connectivity index (χ1) is 7.62. The SMILES string of the molecule is COc1cc(NC(C)C#N)c(OC)cc1C. The van der Waals surface area contributed by atoms with E-state index in [1.165, 1.54) is 0 Å². The summed E-state index contributed by atoms with van der Waals surface area (Å²) in [5.74, 6) is 1.48. The van der Waals surface area contributed by atoms with Crippen molar-refractivity contribution >= 4 is 5.69 Å². The second kappa shape index (κ2) is 5.26. The molecule has 16 heavy (non-hydrogen) atoms. The zero-order chi connectivity index (χ0) is 12.1. The van der Waals surface area contributed by atoms with E-state index >= 15 is 0 Å². The topological polar surface area (TPSA) is 54.3 Å². The lowest BCUT2D eigenvalue weighted by atomic mass is 10.1. The van der Waals surface area contributed by atoms with Crippen LogP contribution in [0.15, 0.2) is 12.1 Å². The van der Waals surface area contributed by atoms with Gasteiger partial charge in [-0.2, -0.15) is 5.26 Å². The number of aryl methyl sites for hydroxylation is 1. The molecule has 0 aromatic heterocycles. The van der Waals surface area contributed by atoms with Gasteiger partial charge in [0.25, 0.3) is 0 Å². The van der Waals surface area contributed by atoms with Crippen molar-refractivity contribution in [2.24, 2.45) is 0 Å². The molecule has 0 heterocycles. The van der Waals surface area contributed by atoms with E-state index in [1.54, 1.807) is 21.1 Å². The fraction of sp³-hybridized carbons (Fsp3) is 0.417. The minimum absolute atomic E-state index is 0.277. The smallest absolute Gasteiger partial charge is 0.142 e. The molecule has 1 aromatic carbocycles. The Kier molecular flexibility index (Phi) is 4.01. The summed E-state index contributed by atoms with van der Waals surface area (Å²) in [7, 11) is 3.22. The van der Waals surface area contributed by atoms with E-state index in [-0.39, 0.29) is 6.04 Å². The van der Waals surface area contributed by atoms with Crippen molar-refractivity contribution in [2.75, 3.05) is 19.5 Å². The van der Waals surface area contributed by atoms with Crippen LogP contribution in [-0.4, -0.2) is 20.3 Å². The molecule has 0 aliphatic carbocycles. The van der Waals surface area contributed by atoms with Crippen LogP contribution in [0.2, 0.25) is 0 Å². The Morgan fingerprint density at radius 2 is 1.88 bits per heavy atom. The maximum absolute atomic E-state index is 8.76. The molecule has 1 rings (SSSR count). The van der Waals surface area contributed by atoms with Crippen LogP contribution in [0.3, 0.4) is 0 Å². The molecule has 0 aliphatic rings. The Morgan fingerprint density at radius 3 is 2.38 bits per heavy atom. The quantitative estimate of drug-likeness (QED) is 0.846. The fourth-order valence-electron chi connectivity index (χ4n) is 1.43. The van der Waals surface area contributed by atoms with Gasteiger partial charge in [0.15, 0.2) is 0 Å². The van der Waals surface area contributed by atoms with E-state index in [1.807, 2.05) is 19.1 Å². The zero-order valence-electron chi connectivity index (χ0n) is 10.00. The lowest BCUT2D eigenvalue weighted by molar-refractivity contribution is 0.401. The predicted octanol–water partition coefficient (Wildman–Crippen LogP) is 2.34. The summed E-state index contributed by atoms with van der Waals surface area (Å²) in [5.41, 5.74) is 1.76. The molecule has 1 N–H and O–H groups in total. The number of anilines is 1. The Morgan fingerprint density at radius 1 is 1.25 bits per heavy atom. The van der Waals surface area contributed by atoms with E-state index < -0.39 is 0 Å². The lowest BCUT2D eigenvalue weighted by Gasteiger charge is -2.15. The number of methoxy groups -OCH3 is 2. The summed E-state index contributed by atoms with van der Waals surface area (Å²) in [5, 5.41) is 11.8. The average molecular weight is 220 g/mol. The minimum Gasteiger partial charge on any atom is -0.496 e. The van der Waals surface area contributed by atoms with Crippen molar-refractivity contribution < 1.29 is 9.47 Å². The van der Waals surface area contributed by atoms with Crippen LogP contribution in [0.5, 0.6) is 11.5 Å². The van der Waals surface area contributed by atoms with Crippen LogP contribution in [0.4, 0.5) is 5.69 Å². The highest BCUT2D eigenvalue weighted by Gasteiger charge is 2.10. The number of hydrogen-bond donors (Lipinski definition) is 1. The molecule has 0 spiro atoms. The Labute approximate surface area is 95.8 Å². The molecule has 0 saturated heterocycles. The molecule has 4 heteroatoms. The molecule has 86 valence electrons. The minimum atomic E-state index is -0.277. The van der Waals surface area contributed by atoms with E-state index in [2.05, 4.69) is 11.4 Å². The van der Waals surface area contributed by atoms with Crippen LogP contribution in [0, 0.1) is 18.3 Å². The van der Waals surface area contributed by atoms with Crippen molar-refractivity contribution in [1.29, 1.82) is 5.26 Å². The van der Waals surface area contributed by atoms with E-state index in [4.69, 9.17) is 14.7 Å². The second-order valence-corrected chi connectivity index (χ2v) is 3.52. The molecule has 0 radical (unpaired) electrons. The number of rotatable bonds is 4. The summed E-state index contributed by atoms with van der Waals surface area (Å²) in [6.45, 7) is 3.73. The highest BCUT2D eigenvalue weighted by molar-refractivity contribution is 5.63. The lowest BCUT2D eigenvalue weighted by Crippen LogP contribution is -2.13. The predicted molar refractivity (Wildman–Crippen MR) is 63.0 cm³/mol. The highest BCUT2D eigenvalue weighted by Crippen LogP contribution is 2.32. The van der Waals surface area contributed by atoms with Gasteiger partial charge in [-0.15, -0.1) is 0 Å². The Bertz CT molecular complexity index is 410. The van der Waals surface area contributed by atoms with Crippen LogP contribution >= 0.6 is 0 Å². The molecule has 0 bridgehead atoms.